The monoisotopic (exact) mass is 294 g/mol. The van der Waals surface area contributed by atoms with Crippen LogP contribution in [-0.4, -0.2) is 54.8 Å². The molecule has 1 aromatic heterocycles. The van der Waals surface area contributed by atoms with Crippen LogP contribution in [0.3, 0.4) is 0 Å². The summed E-state index contributed by atoms with van der Waals surface area (Å²) in [4.78, 5) is 10.8. The van der Waals surface area contributed by atoms with Crippen molar-refractivity contribution < 1.29 is 9.47 Å². The lowest BCUT2D eigenvalue weighted by Gasteiger charge is -2.32. The Morgan fingerprint density at radius 1 is 1.38 bits per heavy atom. The molecule has 1 aromatic rings. The summed E-state index contributed by atoms with van der Waals surface area (Å²) in [7, 11) is 3.77. The second kappa shape index (κ2) is 8.02. The number of aromatic nitrogens is 2. The topological polar surface area (TPSA) is 59.5 Å². The Morgan fingerprint density at radius 2 is 2.24 bits per heavy atom. The van der Waals surface area contributed by atoms with E-state index in [-0.39, 0.29) is 0 Å². The highest BCUT2D eigenvalue weighted by Gasteiger charge is 2.21. The molecule has 1 aliphatic heterocycles. The largest absolute Gasteiger partial charge is 0.489 e. The Kier molecular flexibility index (Phi) is 6.04. The Balaban J connectivity index is 2.01. The zero-order chi connectivity index (χ0) is 15.1. The fourth-order valence-electron chi connectivity index (χ4n) is 2.54. The minimum atomic E-state index is 0.450. The van der Waals surface area contributed by atoms with Crippen molar-refractivity contribution in [2.75, 3.05) is 39.2 Å². The lowest BCUT2D eigenvalue weighted by atomic mass is 10.0. The van der Waals surface area contributed by atoms with E-state index in [0.29, 0.717) is 30.1 Å². The van der Waals surface area contributed by atoms with Gasteiger partial charge in [-0.15, -0.1) is 0 Å². The Morgan fingerprint density at radius 3 is 2.95 bits per heavy atom. The van der Waals surface area contributed by atoms with Gasteiger partial charge in [-0.05, 0) is 32.9 Å². The zero-order valence-corrected chi connectivity index (χ0v) is 13.3. The highest BCUT2D eigenvalue weighted by molar-refractivity contribution is 5.54. The lowest BCUT2D eigenvalue weighted by Crippen LogP contribution is -2.40. The van der Waals surface area contributed by atoms with Gasteiger partial charge in [-0.1, -0.05) is 13.3 Å². The molecule has 118 valence electrons. The van der Waals surface area contributed by atoms with Crippen molar-refractivity contribution in [3.8, 4) is 11.6 Å². The molecule has 0 aromatic carbocycles. The third kappa shape index (κ3) is 4.20. The predicted octanol–water partition coefficient (Wildman–Crippen LogP) is 2.17. The van der Waals surface area contributed by atoms with Crippen molar-refractivity contribution in [2.24, 2.45) is 0 Å². The van der Waals surface area contributed by atoms with E-state index in [1.54, 1.807) is 7.11 Å². The van der Waals surface area contributed by atoms with Crippen LogP contribution in [0, 0.1) is 0 Å². The highest BCUT2D eigenvalue weighted by Crippen LogP contribution is 2.31. The number of likely N-dealkylation sites (N-methyl/N-ethyl adjacent to an activating group) is 1. The van der Waals surface area contributed by atoms with E-state index < -0.39 is 0 Å². The Bertz CT molecular complexity index is 442. The number of nitrogens with one attached hydrogen (secondary N) is 1. The number of rotatable bonds is 7. The van der Waals surface area contributed by atoms with E-state index in [1.165, 1.54) is 25.6 Å². The smallest absolute Gasteiger partial charge is 0.262 e. The molecule has 1 unspecified atom stereocenters. The fraction of sp³-hybridized carbons (Fsp3) is 0.733. The first kappa shape index (κ1) is 15.8. The number of nitrogens with zero attached hydrogens (tertiary/aromatic N) is 3. The second-order valence-electron chi connectivity index (χ2n) is 5.43. The minimum Gasteiger partial charge on any atom is -0.489 e. The minimum absolute atomic E-state index is 0.450. The molecule has 0 radical (unpaired) electrons. The van der Waals surface area contributed by atoms with Gasteiger partial charge in [-0.25, -0.2) is 4.98 Å². The van der Waals surface area contributed by atoms with Gasteiger partial charge in [0.1, 0.15) is 12.9 Å². The molecule has 1 saturated heterocycles. The van der Waals surface area contributed by atoms with Gasteiger partial charge in [0.2, 0.25) is 5.75 Å². The molecule has 21 heavy (non-hydrogen) atoms. The van der Waals surface area contributed by atoms with Crippen LogP contribution < -0.4 is 14.8 Å². The average molecular weight is 294 g/mol. The van der Waals surface area contributed by atoms with E-state index in [1.807, 2.05) is 0 Å². The van der Waals surface area contributed by atoms with Crippen LogP contribution in [0.15, 0.2) is 6.33 Å². The van der Waals surface area contributed by atoms with Crippen LogP contribution in [0.1, 0.15) is 32.6 Å². The Hall–Kier alpha value is -1.56. The molecule has 0 spiro atoms. The maximum Gasteiger partial charge on any atom is 0.262 e. The molecule has 6 nitrogen and oxygen atoms in total. The fourth-order valence-corrected chi connectivity index (χ4v) is 2.54. The van der Waals surface area contributed by atoms with E-state index in [9.17, 15) is 0 Å². The number of ether oxygens (including phenoxy) is 2. The normalized spacial score (nSPS) is 19.3. The summed E-state index contributed by atoms with van der Waals surface area (Å²) in [5.74, 6) is 1.80. The SMILES string of the molecule is CCCNc1ncnc(OCC2CCCCN2C)c1OC. The standard InChI is InChI=1S/C15H26N4O2/c1-4-8-16-14-13(20-3)15(18-11-17-14)21-10-12-7-5-6-9-19(12)2/h11-12H,4-10H2,1-3H3,(H,16,17,18). The van der Waals surface area contributed by atoms with Crippen LogP contribution >= 0.6 is 0 Å². The molecule has 0 amide bonds. The van der Waals surface area contributed by atoms with Crippen molar-refractivity contribution in [3.05, 3.63) is 6.33 Å². The predicted molar refractivity (Wildman–Crippen MR) is 83.1 cm³/mol. The molecule has 6 heteroatoms. The maximum atomic E-state index is 5.90. The van der Waals surface area contributed by atoms with Crippen molar-refractivity contribution in [1.29, 1.82) is 0 Å². The van der Waals surface area contributed by atoms with E-state index in [2.05, 4.69) is 34.2 Å². The van der Waals surface area contributed by atoms with Crippen LogP contribution in [0.25, 0.3) is 0 Å². The number of methoxy groups -OCH3 is 1. The number of piperidine rings is 1. The van der Waals surface area contributed by atoms with Gasteiger partial charge >= 0.3 is 0 Å². The lowest BCUT2D eigenvalue weighted by molar-refractivity contribution is 0.120. The first-order chi connectivity index (χ1) is 10.3. The van der Waals surface area contributed by atoms with Crippen molar-refractivity contribution in [1.82, 2.24) is 14.9 Å². The maximum absolute atomic E-state index is 5.90. The molecule has 0 aliphatic carbocycles. The summed E-state index contributed by atoms with van der Waals surface area (Å²) in [5.41, 5.74) is 0. The number of likely N-dealkylation sites (tertiary alicyclic amines) is 1. The summed E-state index contributed by atoms with van der Waals surface area (Å²) in [6.07, 6.45) is 6.25. The summed E-state index contributed by atoms with van der Waals surface area (Å²) in [6.45, 7) is 4.73. The zero-order valence-electron chi connectivity index (χ0n) is 13.3. The van der Waals surface area contributed by atoms with E-state index >= 15 is 0 Å². The quantitative estimate of drug-likeness (QED) is 0.831. The average Bonchev–Trinajstić information content (AvgIpc) is 2.52. The number of anilines is 1. The molecule has 0 saturated carbocycles. The van der Waals surface area contributed by atoms with Crippen LogP contribution in [0.4, 0.5) is 5.82 Å². The van der Waals surface area contributed by atoms with Gasteiger partial charge in [0, 0.05) is 12.6 Å². The van der Waals surface area contributed by atoms with Gasteiger partial charge in [0.15, 0.2) is 5.82 Å². The third-order valence-corrected chi connectivity index (χ3v) is 3.85. The summed E-state index contributed by atoms with van der Waals surface area (Å²) in [6, 6.07) is 0.450. The second-order valence-corrected chi connectivity index (χ2v) is 5.43. The van der Waals surface area contributed by atoms with Gasteiger partial charge in [0.25, 0.3) is 5.88 Å². The molecule has 2 rings (SSSR count). The van der Waals surface area contributed by atoms with Gasteiger partial charge in [-0.2, -0.15) is 4.98 Å². The molecular formula is C15H26N4O2. The summed E-state index contributed by atoms with van der Waals surface area (Å²) in [5, 5.41) is 3.23. The number of hydrogen-bond acceptors (Lipinski definition) is 6. The molecular weight excluding hydrogens is 268 g/mol. The van der Waals surface area contributed by atoms with E-state index in [0.717, 1.165) is 19.5 Å². The number of hydrogen-bond donors (Lipinski definition) is 1. The van der Waals surface area contributed by atoms with Gasteiger partial charge in [-0.3, -0.25) is 0 Å². The summed E-state index contributed by atoms with van der Waals surface area (Å²) < 4.78 is 11.3. The molecule has 1 N–H and O–H groups in total. The molecule has 1 aliphatic rings. The van der Waals surface area contributed by atoms with Crippen molar-refractivity contribution in [3.63, 3.8) is 0 Å². The first-order valence-corrected chi connectivity index (χ1v) is 7.72. The van der Waals surface area contributed by atoms with Crippen LogP contribution in [0.2, 0.25) is 0 Å². The van der Waals surface area contributed by atoms with Gasteiger partial charge < -0.3 is 19.7 Å². The molecule has 1 fully saturated rings. The van der Waals surface area contributed by atoms with Crippen molar-refractivity contribution >= 4 is 5.82 Å². The first-order valence-electron chi connectivity index (χ1n) is 7.72. The third-order valence-electron chi connectivity index (χ3n) is 3.85. The van der Waals surface area contributed by atoms with Crippen molar-refractivity contribution in [2.45, 2.75) is 38.6 Å². The summed E-state index contributed by atoms with van der Waals surface area (Å²) >= 11 is 0. The molecule has 0 bridgehead atoms. The Labute approximate surface area is 126 Å². The van der Waals surface area contributed by atoms with Gasteiger partial charge in [0.05, 0.1) is 7.11 Å². The molecule has 1 atom stereocenters. The van der Waals surface area contributed by atoms with E-state index in [4.69, 9.17) is 9.47 Å². The van der Waals surface area contributed by atoms with Crippen LogP contribution in [0.5, 0.6) is 11.6 Å². The molecule has 2 heterocycles. The highest BCUT2D eigenvalue weighted by atomic mass is 16.5. The van der Waals surface area contributed by atoms with Crippen LogP contribution in [-0.2, 0) is 0 Å².